The van der Waals surface area contributed by atoms with E-state index in [9.17, 15) is 13.6 Å². The quantitative estimate of drug-likeness (QED) is 0.457. The van der Waals surface area contributed by atoms with Gasteiger partial charge in [-0.05, 0) is 49.1 Å². The number of piperidine rings is 1. The van der Waals surface area contributed by atoms with E-state index in [2.05, 4.69) is 32.0 Å². The molecule has 0 spiro atoms. The number of alkyl halides is 2. The highest BCUT2D eigenvalue weighted by atomic mass is 19.3. The second-order valence-corrected chi connectivity index (χ2v) is 10.6. The summed E-state index contributed by atoms with van der Waals surface area (Å²) in [7, 11) is 1.76. The number of nitrogens with one attached hydrogen (secondary N) is 1. The van der Waals surface area contributed by atoms with Crippen molar-refractivity contribution < 1.29 is 8.78 Å². The lowest BCUT2D eigenvalue weighted by atomic mass is 9.61. The van der Waals surface area contributed by atoms with Crippen LogP contribution in [-0.2, 0) is 19.0 Å². The number of aromatic nitrogens is 6. The van der Waals surface area contributed by atoms with Gasteiger partial charge in [0.05, 0.1) is 16.6 Å². The molecule has 3 aromatic heterocycles. The predicted octanol–water partition coefficient (Wildman–Crippen LogP) is 3.79. The summed E-state index contributed by atoms with van der Waals surface area (Å²) < 4.78 is 31.5. The first kappa shape index (κ1) is 23.0. The summed E-state index contributed by atoms with van der Waals surface area (Å²) in [5.74, 6) is -1.61. The number of hydrogen-bond donors (Lipinski definition) is 1. The number of benzene rings is 1. The van der Waals surface area contributed by atoms with Crippen LogP contribution in [0.4, 0.5) is 8.78 Å². The van der Waals surface area contributed by atoms with E-state index in [0.717, 1.165) is 25.3 Å². The van der Waals surface area contributed by atoms with Crippen LogP contribution in [0.2, 0.25) is 0 Å². The molecule has 8 nitrogen and oxygen atoms in total. The lowest BCUT2D eigenvalue weighted by Crippen LogP contribution is -2.51. The Bertz CT molecular complexity index is 1480. The molecule has 10 heteroatoms. The first-order valence-corrected chi connectivity index (χ1v) is 12.4. The van der Waals surface area contributed by atoms with Gasteiger partial charge in [-0.3, -0.25) is 14.3 Å². The van der Waals surface area contributed by atoms with E-state index in [0.29, 0.717) is 34.0 Å². The first-order valence-electron chi connectivity index (χ1n) is 12.4. The summed E-state index contributed by atoms with van der Waals surface area (Å²) in [6, 6.07) is 9.12. The summed E-state index contributed by atoms with van der Waals surface area (Å²) in [4.78, 5) is 23.7. The van der Waals surface area contributed by atoms with Crippen molar-refractivity contribution in [1.82, 2.24) is 34.2 Å². The van der Waals surface area contributed by atoms with Crippen LogP contribution in [0.3, 0.4) is 0 Å². The van der Waals surface area contributed by atoms with Crippen LogP contribution in [0, 0.1) is 5.92 Å². The van der Waals surface area contributed by atoms with Crippen molar-refractivity contribution in [3.8, 4) is 5.69 Å². The number of rotatable bonds is 5. The molecule has 1 aromatic carbocycles. The van der Waals surface area contributed by atoms with Crippen LogP contribution in [0.1, 0.15) is 49.7 Å². The fourth-order valence-corrected chi connectivity index (χ4v) is 5.99. The molecule has 1 aliphatic heterocycles. The van der Waals surface area contributed by atoms with E-state index in [1.54, 1.807) is 29.8 Å². The smallest absolute Gasteiger partial charge is 0.282 e. The molecule has 4 aromatic rings. The highest BCUT2D eigenvalue weighted by Gasteiger charge is 2.60. The van der Waals surface area contributed by atoms with Gasteiger partial charge < -0.3 is 9.55 Å². The highest BCUT2D eigenvalue weighted by molar-refractivity contribution is 5.75. The molecular weight excluding hydrogens is 464 g/mol. The molecule has 1 atom stereocenters. The minimum absolute atomic E-state index is 0.220. The number of nitrogens with zero attached hydrogens (tertiary/aromatic N) is 6. The molecule has 2 fully saturated rings. The minimum atomic E-state index is -2.77. The highest BCUT2D eigenvalue weighted by Crippen LogP contribution is 2.56. The van der Waals surface area contributed by atoms with Gasteiger partial charge in [-0.25, -0.2) is 13.8 Å². The third-order valence-corrected chi connectivity index (χ3v) is 7.67. The molecule has 1 saturated heterocycles. The molecule has 0 radical (unpaired) electrons. The zero-order valence-corrected chi connectivity index (χ0v) is 20.4. The summed E-state index contributed by atoms with van der Waals surface area (Å²) >= 11 is 0. The summed E-state index contributed by atoms with van der Waals surface area (Å²) in [6.07, 6.45) is 4.77. The van der Waals surface area contributed by atoms with Crippen LogP contribution in [-0.4, -0.2) is 53.2 Å². The topological polar surface area (TPSA) is 84.6 Å². The van der Waals surface area contributed by atoms with Crippen LogP contribution in [0.5, 0.6) is 0 Å². The maximum absolute atomic E-state index is 14.2. The lowest BCUT2D eigenvalue weighted by molar-refractivity contribution is -0.116. The van der Waals surface area contributed by atoms with Gasteiger partial charge in [-0.1, -0.05) is 19.1 Å². The van der Waals surface area contributed by atoms with E-state index in [1.807, 2.05) is 12.1 Å². The Balaban J connectivity index is 1.35. The fourth-order valence-electron chi connectivity index (χ4n) is 5.99. The Labute approximate surface area is 207 Å². The van der Waals surface area contributed by atoms with Gasteiger partial charge >= 0.3 is 0 Å². The second kappa shape index (κ2) is 8.33. The number of fused-ring (bicyclic) bond motifs is 1. The van der Waals surface area contributed by atoms with Crippen LogP contribution in [0.15, 0.2) is 47.8 Å². The average Bonchev–Trinajstić information content (AvgIpc) is 3.44. The molecule has 1 aliphatic carbocycles. The normalized spacial score (nSPS) is 21.5. The summed E-state index contributed by atoms with van der Waals surface area (Å²) in [5, 5.41) is 8.07. The van der Waals surface area contributed by atoms with Crippen LogP contribution < -0.4 is 5.56 Å². The van der Waals surface area contributed by atoms with Gasteiger partial charge in [0.2, 0.25) is 0 Å². The van der Waals surface area contributed by atoms with Gasteiger partial charge in [0, 0.05) is 38.7 Å². The largest absolute Gasteiger partial charge is 0.351 e. The number of likely N-dealkylation sites (tertiary alicyclic amines) is 1. The number of aromatic amines is 1. The fraction of sp³-hybridized carbons (Fsp3) is 0.462. The lowest BCUT2D eigenvalue weighted by Gasteiger charge is -2.46. The van der Waals surface area contributed by atoms with Gasteiger partial charge in [0.1, 0.15) is 24.0 Å². The Morgan fingerprint density at radius 2 is 2.03 bits per heavy atom. The number of hydrogen-bond acceptors (Lipinski definition) is 5. The molecule has 1 saturated carbocycles. The molecule has 6 rings (SSSR count). The summed E-state index contributed by atoms with van der Waals surface area (Å²) in [5.41, 5.74) is 2.11. The van der Waals surface area contributed by atoms with Gasteiger partial charge in [0.15, 0.2) is 0 Å². The maximum atomic E-state index is 14.2. The number of H-pyrrole nitrogens is 1. The Morgan fingerprint density at radius 1 is 1.19 bits per heavy atom. The summed E-state index contributed by atoms with van der Waals surface area (Å²) in [6.45, 7) is 5.12. The Kier molecular flexibility index (Phi) is 5.33. The van der Waals surface area contributed by atoms with Crippen molar-refractivity contribution in [2.75, 3.05) is 13.1 Å². The second-order valence-electron chi connectivity index (χ2n) is 10.6. The van der Waals surface area contributed by atoms with Crippen molar-refractivity contribution in [2.45, 2.75) is 50.5 Å². The monoisotopic (exact) mass is 493 g/mol. The van der Waals surface area contributed by atoms with E-state index in [-0.39, 0.29) is 18.4 Å². The number of aryl methyl sites for hydroxylation is 1. The molecule has 2 aliphatic rings. The van der Waals surface area contributed by atoms with Crippen molar-refractivity contribution in [3.05, 3.63) is 70.4 Å². The predicted molar refractivity (Wildman–Crippen MR) is 131 cm³/mol. The molecule has 0 unspecified atom stereocenters. The van der Waals surface area contributed by atoms with Crippen molar-refractivity contribution >= 4 is 11.0 Å². The van der Waals surface area contributed by atoms with E-state index >= 15 is 0 Å². The van der Waals surface area contributed by atoms with Crippen molar-refractivity contribution in [1.29, 1.82) is 0 Å². The van der Waals surface area contributed by atoms with Gasteiger partial charge in [0.25, 0.3) is 11.5 Å². The van der Waals surface area contributed by atoms with Gasteiger partial charge in [-0.2, -0.15) is 0 Å². The van der Waals surface area contributed by atoms with Crippen molar-refractivity contribution in [3.63, 3.8) is 0 Å². The SMILES string of the molecule is C[C@H]1CCCN(Cc2cc3ncn(-c4cccc(C5(c6nncn6C)CC(F)(F)C5)c4)c(=O)c3[nH]2)C1. The molecule has 4 heterocycles. The third kappa shape index (κ3) is 3.84. The Hall–Kier alpha value is -3.40. The Morgan fingerprint density at radius 3 is 2.75 bits per heavy atom. The van der Waals surface area contributed by atoms with Crippen molar-refractivity contribution in [2.24, 2.45) is 13.0 Å². The zero-order valence-electron chi connectivity index (χ0n) is 20.4. The molecule has 0 bridgehead atoms. The number of halogens is 2. The third-order valence-electron chi connectivity index (χ3n) is 7.67. The standard InChI is InChI=1S/C26H29F2N7O/c1-17-5-4-8-34(11-17)12-19-10-21-22(31-19)23(36)35(15-29-21)20-7-3-6-18(9-20)25(13-26(27,28)14-25)24-32-30-16-33(24)2/h3,6-7,9-10,15-17,31H,4-5,8,11-14H2,1-2H3/t17-/m0/s1. The zero-order chi connectivity index (χ0) is 25.1. The first-order chi connectivity index (χ1) is 17.2. The average molecular weight is 494 g/mol. The van der Waals surface area contributed by atoms with Crippen LogP contribution >= 0.6 is 0 Å². The van der Waals surface area contributed by atoms with Crippen LogP contribution in [0.25, 0.3) is 16.7 Å². The molecule has 0 amide bonds. The van der Waals surface area contributed by atoms with Gasteiger partial charge in [-0.15, -0.1) is 10.2 Å². The molecular formula is C26H29F2N7O. The molecule has 188 valence electrons. The van der Waals surface area contributed by atoms with E-state index in [4.69, 9.17) is 0 Å². The van der Waals surface area contributed by atoms with E-state index < -0.39 is 11.3 Å². The molecule has 36 heavy (non-hydrogen) atoms. The van der Waals surface area contributed by atoms with E-state index in [1.165, 1.54) is 30.1 Å². The maximum Gasteiger partial charge on any atom is 0.282 e. The minimum Gasteiger partial charge on any atom is -0.351 e. The molecule has 1 N–H and O–H groups in total.